The van der Waals surface area contributed by atoms with Gasteiger partial charge in [0.25, 0.3) is 0 Å². The Morgan fingerprint density at radius 2 is 2.00 bits per heavy atom. The first-order valence-electron chi connectivity index (χ1n) is 7.34. The molecule has 0 amide bonds. The molecule has 5 nitrogen and oxygen atoms in total. The van der Waals surface area contributed by atoms with Crippen molar-refractivity contribution in [3.63, 3.8) is 0 Å². The first-order valence-corrected chi connectivity index (χ1v) is 7.34. The summed E-state index contributed by atoms with van der Waals surface area (Å²) in [5, 5.41) is 15.0. The van der Waals surface area contributed by atoms with Crippen molar-refractivity contribution < 1.29 is 14.6 Å². The fraction of sp³-hybridized carbons (Fsp3) is 0.438. The van der Waals surface area contributed by atoms with Crippen LogP contribution in [0.15, 0.2) is 24.3 Å². The van der Waals surface area contributed by atoms with Gasteiger partial charge in [0.15, 0.2) is 11.5 Å². The van der Waals surface area contributed by atoms with Crippen LogP contribution in [0.5, 0.6) is 11.5 Å². The first kappa shape index (κ1) is 13.9. The van der Waals surface area contributed by atoms with Gasteiger partial charge >= 0.3 is 0 Å². The van der Waals surface area contributed by atoms with E-state index in [0.29, 0.717) is 12.3 Å². The van der Waals surface area contributed by atoms with Gasteiger partial charge in [-0.05, 0) is 36.6 Å². The molecular formula is C16H20N2O3. The molecule has 0 spiro atoms. The van der Waals surface area contributed by atoms with Gasteiger partial charge in [0.1, 0.15) is 0 Å². The van der Waals surface area contributed by atoms with E-state index < -0.39 is 6.10 Å². The van der Waals surface area contributed by atoms with Crippen LogP contribution < -0.4 is 9.47 Å². The molecule has 5 heteroatoms. The van der Waals surface area contributed by atoms with Gasteiger partial charge in [-0.15, -0.1) is 0 Å². The van der Waals surface area contributed by atoms with Crippen LogP contribution in [-0.4, -0.2) is 21.7 Å². The van der Waals surface area contributed by atoms with Gasteiger partial charge in [-0.25, -0.2) is 0 Å². The second-order valence-corrected chi connectivity index (χ2v) is 5.14. The smallest absolute Gasteiger partial charge is 0.231 e. The number of fused-ring (bicyclic) bond motifs is 1. The van der Waals surface area contributed by atoms with Crippen molar-refractivity contribution in [1.29, 1.82) is 0 Å². The molecule has 1 aliphatic rings. The van der Waals surface area contributed by atoms with Crippen molar-refractivity contribution in [2.75, 3.05) is 6.79 Å². The average Bonchev–Trinajstić information content (AvgIpc) is 3.12. The van der Waals surface area contributed by atoms with Crippen molar-refractivity contribution in [2.45, 2.75) is 39.3 Å². The van der Waals surface area contributed by atoms with Crippen molar-refractivity contribution in [3.8, 4) is 11.5 Å². The van der Waals surface area contributed by atoms with Crippen LogP contribution >= 0.6 is 0 Å². The molecular weight excluding hydrogens is 268 g/mol. The van der Waals surface area contributed by atoms with E-state index in [9.17, 15) is 5.11 Å². The maximum atomic E-state index is 10.4. The fourth-order valence-corrected chi connectivity index (χ4v) is 2.52. The minimum absolute atomic E-state index is 0.244. The number of hydrogen-bond acceptors (Lipinski definition) is 4. The third kappa shape index (κ3) is 2.74. The lowest BCUT2D eigenvalue weighted by Crippen LogP contribution is -2.12. The number of benzene rings is 1. The highest BCUT2D eigenvalue weighted by Gasteiger charge is 2.18. The molecule has 0 aliphatic carbocycles. The van der Waals surface area contributed by atoms with E-state index in [4.69, 9.17) is 9.47 Å². The van der Waals surface area contributed by atoms with E-state index in [-0.39, 0.29) is 6.79 Å². The lowest BCUT2D eigenvalue weighted by molar-refractivity contribution is 0.149. The summed E-state index contributed by atoms with van der Waals surface area (Å²) in [7, 11) is 0. The number of aromatic nitrogens is 2. The van der Waals surface area contributed by atoms with Crippen molar-refractivity contribution in [1.82, 2.24) is 9.78 Å². The van der Waals surface area contributed by atoms with Crippen LogP contribution in [0.1, 0.15) is 36.9 Å². The maximum Gasteiger partial charge on any atom is 0.231 e. The number of hydrogen-bond donors (Lipinski definition) is 1. The molecule has 1 N–H and O–H groups in total. The molecule has 0 fully saturated rings. The summed E-state index contributed by atoms with van der Waals surface area (Å²) in [5.74, 6) is 1.42. The summed E-state index contributed by atoms with van der Waals surface area (Å²) in [6, 6.07) is 7.64. The number of aliphatic hydroxyl groups is 1. The molecule has 0 saturated heterocycles. The molecule has 0 saturated carbocycles. The van der Waals surface area contributed by atoms with Crippen LogP contribution in [0.3, 0.4) is 0 Å². The first-order chi connectivity index (χ1) is 10.2. The van der Waals surface area contributed by atoms with Gasteiger partial charge in [0.2, 0.25) is 6.79 Å². The largest absolute Gasteiger partial charge is 0.454 e. The Bertz CT molecular complexity index is 636. The summed E-state index contributed by atoms with van der Waals surface area (Å²) >= 11 is 0. The maximum absolute atomic E-state index is 10.4. The van der Waals surface area contributed by atoms with Crippen LogP contribution in [0.2, 0.25) is 0 Å². The zero-order chi connectivity index (χ0) is 14.8. The van der Waals surface area contributed by atoms with Crippen LogP contribution in [0.4, 0.5) is 0 Å². The molecule has 0 radical (unpaired) electrons. The number of nitrogens with zero attached hydrogens (tertiary/aromatic N) is 2. The predicted octanol–water partition coefficient (Wildman–Crippen LogP) is 2.47. The highest BCUT2D eigenvalue weighted by molar-refractivity contribution is 5.45. The molecule has 21 heavy (non-hydrogen) atoms. The third-order valence-corrected chi connectivity index (χ3v) is 3.77. The van der Waals surface area contributed by atoms with E-state index in [2.05, 4.69) is 25.0 Å². The Hall–Kier alpha value is -2.01. The van der Waals surface area contributed by atoms with Gasteiger partial charge in [-0.2, -0.15) is 5.10 Å². The quantitative estimate of drug-likeness (QED) is 0.918. The Balaban J connectivity index is 1.79. The van der Waals surface area contributed by atoms with Crippen molar-refractivity contribution >= 4 is 0 Å². The van der Waals surface area contributed by atoms with Gasteiger partial charge in [0.05, 0.1) is 18.3 Å². The molecule has 2 aromatic rings. The van der Waals surface area contributed by atoms with E-state index in [0.717, 1.165) is 35.5 Å². The van der Waals surface area contributed by atoms with Crippen LogP contribution in [0, 0.1) is 0 Å². The van der Waals surface area contributed by atoms with Gasteiger partial charge in [-0.3, -0.25) is 4.68 Å². The molecule has 1 aromatic heterocycles. The zero-order valence-corrected chi connectivity index (χ0v) is 12.4. The number of rotatable bonds is 5. The van der Waals surface area contributed by atoms with E-state index in [1.54, 1.807) is 0 Å². The molecule has 2 heterocycles. The normalized spacial score (nSPS) is 14.4. The third-order valence-electron chi connectivity index (χ3n) is 3.77. The second kappa shape index (κ2) is 5.77. The Morgan fingerprint density at radius 3 is 2.76 bits per heavy atom. The monoisotopic (exact) mass is 288 g/mol. The van der Waals surface area contributed by atoms with Crippen LogP contribution in [-0.2, 0) is 19.4 Å². The molecule has 1 unspecified atom stereocenters. The SMILES string of the molecule is CCc1cc(CC)n(CC(O)c2ccc3c(c2)OCO3)n1. The van der Waals surface area contributed by atoms with Gasteiger partial charge in [0, 0.05) is 5.69 Å². The molecule has 3 rings (SSSR count). The lowest BCUT2D eigenvalue weighted by atomic mass is 10.1. The molecule has 1 aromatic carbocycles. The molecule has 1 atom stereocenters. The number of aliphatic hydroxyl groups excluding tert-OH is 1. The number of ether oxygens (including phenoxy) is 2. The highest BCUT2D eigenvalue weighted by atomic mass is 16.7. The topological polar surface area (TPSA) is 56.5 Å². The Labute approximate surface area is 124 Å². The van der Waals surface area contributed by atoms with Crippen LogP contribution in [0.25, 0.3) is 0 Å². The molecule has 112 valence electrons. The zero-order valence-electron chi connectivity index (χ0n) is 12.4. The number of aryl methyl sites for hydroxylation is 2. The standard InChI is InChI=1S/C16H20N2O3/c1-3-12-8-13(4-2)18(17-12)9-14(19)11-5-6-15-16(7-11)21-10-20-15/h5-8,14,19H,3-4,9-10H2,1-2H3. The van der Waals surface area contributed by atoms with Crippen molar-refractivity contribution in [2.24, 2.45) is 0 Å². The fourth-order valence-electron chi connectivity index (χ4n) is 2.52. The summed E-state index contributed by atoms with van der Waals surface area (Å²) in [5.41, 5.74) is 3.02. The van der Waals surface area contributed by atoms with Gasteiger partial charge < -0.3 is 14.6 Å². The van der Waals surface area contributed by atoms with Gasteiger partial charge in [-0.1, -0.05) is 19.9 Å². The molecule has 1 aliphatic heterocycles. The van der Waals surface area contributed by atoms with Crippen molar-refractivity contribution in [3.05, 3.63) is 41.2 Å². The Kier molecular flexibility index (Phi) is 3.84. The summed E-state index contributed by atoms with van der Waals surface area (Å²) in [6.07, 6.45) is 1.19. The van der Waals surface area contributed by atoms with E-state index in [1.807, 2.05) is 22.9 Å². The summed E-state index contributed by atoms with van der Waals surface area (Å²) in [6.45, 7) is 4.87. The Morgan fingerprint density at radius 1 is 1.19 bits per heavy atom. The predicted molar refractivity (Wildman–Crippen MR) is 78.5 cm³/mol. The molecule has 0 bridgehead atoms. The lowest BCUT2D eigenvalue weighted by Gasteiger charge is -2.13. The minimum atomic E-state index is -0.616. The van der Waals surface area contributed by atoms with E-state index >= 15 is 0 Å². The highest BCUT2D eigenvalue weighted by Crippen LogP contribution is 2.34. The summed E-state index contributed by atoms with van der Waals surface area (Å²) in [4.78, 5) is 0. The second-order valence-electron chi connectivity index (χ2n) is 5.14. The summed E-state index contributed by atoms with van der Waals surface area (Å²) < 4.78 is 12.5. The average molecular weight is 288 g/mol. The minimum Gasteiger partial charge on any atom is -0.454 e. The van der Waals surface area contributed by atoms with E-state index in [1.165, 1.54) is 0 Å².